The lowest BCUT2D eigenvalue weighted by Gasteiger charge is -2.13. The first-order chi connectivity index (χ1) is 6.69. The van der Waals surface area contributed by atoms with E-state index in [2.05, 4.69) is 13.5 Å². The zero-order chi connectivity index (χ0) is 10.6. The fourth-order valence-corrected chi connectivity index (χ4v) is 1.66. The summed E-state index contributed by atoms with van der Waals surface area (Å²) in [6.07, 6.45) is 3.95. The third-order valence-electron chi connectivity index (χ3n) is 2.60. The Morgan fingerprint density at radius 1 is 1.50 bits per heavy atom. The third-order valence-corrected chi connectivity index (χ3v) is 2.60. The largest absolute Gasteiger partial charge is 0.207 e. The Labute approximate surface area is 85.5 Å². The molecule has 1 aromatic rings. The first-order valence-corrected chi connectivity index (χ1v) is 5.06. The van der Waals surface area contributed by atoms with Crippen LogP contribution >= 0.6 is 0 Å². The predicted molar refractivity (Wildman–Crippen MR) is 59.0 cm³/mol. The summed E-state index contributed by atoms with van der Waals surface area (Å²) in [5.74, 6) is 0.356. The van der Waals surface area contributed by atoms with E-state index in [1.165, 1.54) is 5.56 Å². The molecule has 0 amide bonds. The van der Waals surface area contributed by atoms with Crippen LogP contribution in [0.1, 0.15) is 36.8 Å². The topological polar surface area (TPSA) is 0 Å². The van der Waals surface area contributed by atoms with Crippen molar-refractivity contribution >= 4 is 0 Å². The second-order valence-corrected chi connectivity index (χ2v) is 3.64. The maximum absolute atomic E-state index is 13.0. The van der Waals surface area contributed by atoms with E-state index in [0.29, 0.717) is 5.92 Å². The minimum atomic E-state index is -0.123. The molecule has 0 bridgehead atoms. The Kier molecular flexibility index (Phi) is 3.87. The molecule has 1 rings (SSSR count). The number of aryl methyl sites for hydroxylation is 1. The molecule has 1 unspecified atom stereocenters. The Morgan fingerprint density at radius 2 is 2.21 bits per heavy atom. The fourth-order valence-electron chi connectivity index (χ4n) is 1.66. The second-order valence-electron chi connectivity index (χ2n) is 3.64. The summed E-state index contributed by atoms with van der Waals surface area (Å²) in [4.78, 5) is 0. The molecular formula is C13H17F. The number of hydrogen-bond donors (Lipinski definition) is 0. The van der Waals surface area contributed by atoms with Gasteiger partial charge in [-0.25, -0.2) is 4.39 Å². The van der Waals surface area contributed by atoms with Gasteiger partial charge < -0.3 is 0 Å². The molecule has 0 spiro atoms. The van der Waals surface area contributed by atoms with Gasteiger partial charge in [0.1, 0.15) is 5.82 Å². The molecule has 1 heteroatoms. The van der Waals surface area contributed by atoms with Crippen LogP contribution in [-0.4, -0.2) is 0 Å². The van der Waals surface area contributed by atoms with Gasteiger partial charge in [0.2, 0.25) is 0 Å². The lowest BCUT2D eigenvalue weighted by molar-refractivity contribution is 0.612. The molecule has 0 saturated heterocycles. The van der Waals surface area contributed by atoms with Crippen molar-refractivity contribution in [3.05, 3.63) is 47.8 Å². The molecule has 1 atom stereocenters. The Morgan fingerprint density at radius 3 is 2.71 bits per heavy atom. The van der Waals surface area contributed by atoms with E-state index in [-0.39, 0.29) is 5.82 Å². The van der Waals surface area contributed by atoms with Crippen LogP contribution in [0.2, 0.25) is 0 Å². The minimum Gasteiger partial charge on any atom is -0.207 e. The lowest BCUT2D eigenvalue weighted by Crippen LogP contribution is -1.97. The number of benzene rings is 1. The highest BCUT2D eigenvalue weighted by molar-refractivity contribution is 5.27. The monoisotopic (exact) mass is 192 g/mol. The van der Waals surface area contributed by atoms with Crippen LogP contribution in [0.15, 0.2) is 30.9 Å². The van der Waals surface area contributed by atoms with Crippen LogP contribution in [-0.2, 0) is 0 Å². The van der Waals surface area contributed by atoms with Crippen LogP contribution < -0.4 is 0 Å². The maximum Gasteiger partial charge on any atom is 0.126 e. The Balaban J connectivity index is 2.93. The van der Waals surface area contributed by atoms with E-state index in [9.17, 15) is 4.39 Å². The van der Waals surface area contributed by atoms with Crippen molar-refractivity contribution in [1.29, 1.82) is 0 Å². The van der Waals surface area contributed by atoms with Crippen LogP contribution in [0.4, 0.5) is 4.39 Å². The Hall–Kier alpha value is -1.11. The van der Waals surface area contributed by atoms with Gasteiger partial charge in [-0.1, -0.05) is 25.1 Å². The quantitative estimate of drug-likeness (QED) is 0.627. The molecule has 0 aliphatic carbocycles. The van der Waals surface area contributed by atoms with Gasteiger partial charge in [-0.3, -0.25) is 0 Å². The van der Waals surface area contributed by atoms with Gasteiger partial charge in [0.25, 0.3) is 0 Å². The van der Waals surface area contributed by atoms with Crippen molar-refractivity contribution in [3.63, 3.8) is 0 Å². The second kappa shape index (κ2) is 4.94. The van der Waals surface area contributed by atoms with Crippen molar-refractivity contribution < 1.29 is 4.39 Å². The summed E-state index contributed by atoms with van der Waals surface area (Å²) in [5, 5.41) is 0. The van der Waals surface area contributed by atoms with E-state index in [0.717, 1.165) is 18.4 Å². The third kappa shape index (κ3) is 2.44. The zero-order valence-corrected chi connectivity index (χ0v) is 8.89. The fraction of sp³-hybridized carbons (Fsp3) is 0.385. The molecule has 0 aliphatic rings. The molecule has 0 N–H and O–H groups in total. The van der Waals surface area contributed by atoms with Gasteiger partial charge in [0.05, 0.1) is 0 Å². The molecule has 0 saturated carbocycles. The van der Waals surface area contributed by atoms with Gasteiger partial charge in [-0.2, -0.15) is 0 Å². The normalized spacial score (nSPS) is 12.5. The number of halogens is 1. The van der Waals surface area contributed by atoms with Crippen molar-refractivity contribution in [3.8, 4) is 0 Å². The molecule has 76 valence electrons. The molecule has 0 aromatic heterocycles. The van der Waals surface area contributed by atoms with Crippen LogP contribution in [0.5, 0.6) is 0 Å². The molecule has 1 aromatic carbocycles. The standard InChI is InChI=1S/C13H17F/c1-4-6-11(5-2)12-7-8-13(14)10(3)9-12/h4,7-9,11H,1,5-6H2,2-3H3. The highest BCUT2D eigenvalue weighted by Crippen LogP contribution is 2.24. The summed E-state index contributed by atoms with van der Waals surface area (Å²) in [5.41, 5.74) is 1.94. The molecule has 0 aliphatic heterocycles. The Bertz CT molecular complexity index is 315. The molecule has 0 nitrogen and oxygen atoms in total. The summed E-state index contributed by atoms with van der Waals surface area (Å²) < 4.78 is 13.0. The molecular weight excluding hydrogens is 175 g/mol. The lowest BCUT2D eigenvalue weighted by atomic mass is 9.92. The van der Waals surface area contributed by atoms with Crippen molar-refractivity contribution in [2.75, 3.05) is 0 Å². The van der Waals surface area contributed by atoms with Gasteiger partial charge in [0, 0.05) is 0 Å². The molecule has 14 heavy (non-hydrogen) atoms. The average molecular weight is 192 g/mol. The highest BCUT2D eigenvalue weighted by Gasteiger charge is 2.08. The first kappa shape index (κ1) is 11.0. The van der Waals surface area contributed by atoms with Crippen LogP contribution in [0.25, 0.3) is 0 Å². The van der Waals surface area contributed by atoms with Crippen LogP contribution in [0, 0.1) is 12.7 Å². The SMILES string of the molecule is C=CCC(CC)c1ccc(F)c(C)c1. The first-order valence-electron chi connectivity index (χ1n) is 5.06. The van der Waals surface area contributed by atoms with Gasteiger partial charge in [-0.05, 0) is 42.9 Å². The van der Waals surface area contributed by atoms with E-state index in [1.54, 1.807) is 13.0 Å². The minimum absolute atomic E-state index is 0.123. The number of allylic oxidation sites excluding steroid dienone is 1. The highest BCUT2D eigenvalue weighted by atomic mass is 19.1. The summed E-state index contributed by atoms with van der Waals surface area (Å²) in [6.45, 7) is 7.69. The maximum atomic E-state index is 13.0. The number of rotatable bonds is 4. The van der Waals surface area contributed by atoms with Gasteiger partial charge in [0.15, 0.2) is 0 Å². The van der Waals surface area contributed by atoms with E-state index in [4.69, 9.17) is 0 Å². The molecule has 0 fully saturated rings. The average Bonchev–Trinajstić information content (AvgIpc) is 2.19. The van der Waals surface area contributed by atoms with Gasteiger partial charge in [-0.15, -0.1) is 6.58 Å². The zero-order valence-electron chi connectivity index (χ0n) is 8.89. The summed E-state index contributed by atoms with van der Waals surface area (Å²) >= 11 is 0. The number of hydrogen-bond acceptors (Lipinski definition) is 0. The summed E-state index contributed by atoms with van der Waals surface area (Å²) in [7, 11) is 0. The van der Waals surface area contributed by atoms with Crippen molar-refractivity contribution in [2.45, 2.75) is 32.6 Å². The van der Waals surface area contributed by atoms with Crippen molar-refractivity contribution in [2.24, 2.45) is 0 Å². The van der Waals surface area contributed by atoms with E-state index < -0.39 is 0 Å². The predicted octanol–water partition coefficient (Wildman–Crippen LogP) is 4.20. The van der Waals surface area contributed by atoms with E-state index >= 15 is 0 Å². The van der Waals surface area contributed by atoms with E-state index in [1.807, 2.05) is 18.2 Å². The summed E-state index contributed by atoms with van der Waals surface area (Å²) in [6, 6.07) is 5.36. The smallest absolute Gasteiger partial charge is 0.126 e. The van der Waals surface area contributed by atoms with Gasteiger partial charge >= 0.3 is 0 Å². The van der Waals surface area contributed by atoms with Crippen molar-refractivity contribution in [1.82, 2.24) is 0 Å². The van der Waals surface area contributed by atoms with Crippen LogP contribution in [0.3, 0.4) is 0 Å². The molecule has 0 radical (unpaired) electrons. The molecule has 0 heterocycles.